The van der Waals surface area contributed by atoms with Gasteiger partial charge in [-0.05, 0) is 65.4 Å². The van der Waals surface area contributed by atoms with Crippen LogP contribution in [0.25, 0.3) is 0 Å². The minimum Gasteiger partial charge on any atom is -0.497 e. The minimum atomic E-state index is 0.0987. The highest BCUT2D eigenvalue weighted by Gasteiger charge is 2.38. The summed E-state index contributed by atoms with van der Waals surface area (Å²) in [5.74, 6) is 0.816. The lowest BCUT2D eigenvalue weighted by Crippen LogP contribution is -2.44. The number of methoxy groups -OCH3 is 1. The van der Waals surface area contributed by atoms with Gasteiger partial charge in [-0.2, -0.15) is 0 Å². The standard InChI is InChI=1S/C16H21BrN2O2/c1-21-12-2-3-14(17)13(10-12)15(20)19-8-5-16(6-9-19)4-7-18-11-16/h2-3,10,18H,4-9,11H2,1H3. The van der Waals surface area contributed by atoms with Gasteiger partial charge in [0.15, 0.2) is 0 Å². The van der Waals surface area contributed by atoms with Gasteiger partial charge in [0.1, 0.15) is 5.75 Å². The van der Waals surface area contributed by atoms with Crippen molar-refractivity contribution in [3.05, 3.63) is 28.2 Å². The highest BCUT2D eigenvalue weighted by atomic mass is 79.9. The number of nitrogens with one attached hydrogen (secondary N) is 1. The molecule has 1 aromatic carbocycles. The third-order valence-corrected chi connectivity index (χ3v) is 5.54. The fourth-order valence-electron chi connectivity index (χ4n) is 3.37. The van der Waals surface area contributed by atoms with Crippen LogP contribution in [0, 0.1) is 5.41 Å². The zero-order chi connectivity index (χ0) is 14.9. The van der Waals surface area contributed by atoms with E-state index in [9.17, 15) is 4.79 Å². The number of carbonyl (C=O) groups excluding carboxylic acids is 1. The van der Waals surface area contributed by atoms with E-state index in [4.69, 9.17) is 4.74 Å². The molecule has 1 N–H and O–H groups in total. The van der Waals surface area contributed by atoms with Gasteiger partial charge in [0.25, 0.3) is 5.91 Å². The average Bonchev–Trinajstić information content (AvgIpc) is 2.96. The van der Waals surface area contributed by atoms with Crippen molar-refractivity contribution >= 4 is 21.8 Å². The van der Waals surface area contributed by atoms with Gasteiger partial charge >= 0.3 is 0 Å². The SMILES string of the molecule is COc1ccc(Br)c(C(=O)N2CCC3(CCNC3)CC2)c1. The third-order valence-electron chi connectivity index (χ3n) is 4.85. The molecule has 114 valence electrons. The zero-order valence-corrected chi connectivity index (χ0v) is 13.9. The second kappa shape index (κ2) is 5.97. The van der Waals surface area contributed by atoms with E-state index in [0.717, 1.165) is 49.2 Å². The number of carbonyl (C=O) groups is 1. The van der Waals surface area contributed by atoms with E-state index in [2.05, 4.69) is 21.2 Å². The highest BCUT2D eigenvalue weighted by Crippen LogP contribution is 2.37. The van der Waals surface area contributed by atoms with E-state index in [1.807, 2.05) is 23.1 Å². The summed E-state index contributed by atoms with van der Waals surface area (Å²) in [6.45, 7) is 3.93. The Kier molecular flexibility index (Phi) is 4.22. The topological polar surface area (TPSA) is 41.6 Å². The third kappa shape index (κ3) is 2.94. The van der Waals surface area contributed by atoms with Crippen molar-refractivity contribution in [3.63, 3.8) is 0 Å². The molecule has 3 rings (SSSR count). The number of benzene rings is 1. The molecule has 1 amide bonds. The van der Waals surface area contributed by atoms with E-state index in [1.54, 1.807) is 7.11 Å². The van der Waals surface area contributed by atoms with Crippen molar-refractivity contribution in [2.75, 3.05) is 33.3 Å². The van der Waals surface area contributed by atoms with Crippen LogP contribution in [0.2, 0.25) is 0 Å². The summed E-state index contributed by atoms with van der Waals surface area (Å²) in [5.41, 5.74) is 1.12. The van der Waals surface area contributed by atoms with Crippen molar-refractivity contribution in [1.29, 1.82) is 0 Å². The first-order valence-corrected chi connectivity index (χ1v) is 8.26. The number of halogens is 1. The zero-order valence-electron chi connectivity index (χ0n) is 12.3. The second-order valence-electron chi connectivity index (χ2n) is 6.06. The quantitative estimate of drug-likeness (QED) is 0.889. The molecular formula is C16H21BrN2O2. The van der Waals surface area contributed by atoms with Gasteiger partial charge in [0.2, 0.25) is 0 Å². The van der Waals surface area contributed by atoms with E-state index in [-0.39, 0.29) is 5.91 Å². The molecule has 5 heteroatoms. The summed E-state index contributed by atoms with van der Waals surface area (Å²) in [7, 11) is 1.62. The number of amides is 1. The van der Waals surface area contributed by atoms with Gasteiger partial charge in [-0.15, -0.1) is 0 Å². The normalized spacial score (nSPS) is 20.8. The van der Waals surface area contributed by atoms with Crippen LogP contribution in [-0.4, -0.2) is 44.1 Å². The smallest absolute Gasteiger partial charge is 0.255 e. The van der Waals surface area contributed by atoms with Crippen LogP contribution < -0.4 is 10.1 Å². The van der Waals surface area contributed by atoms with Crippen LogP contribution >= 0.6 is 15.9 Å². The van der Waals surface area contributed by atoms with Gasteiger partial charge in [-0.1, -0.05) is 0 Å². The molecule has 0 bridgehead atoms. The molecule has 2 heterocycles. The molecule has 0 saturated carbocycles. The number of piperidine rings is 1. The van der Waals surface area contributed by atoms with Crippen molar-refractivity contribution < 1.29 is 9.53 Å². The van der Waals surface area contributed by atoms with E-state index >= 15 is 0 Å². The van der Waals surface area contributed by atoms with Gasteiger partial charge in [0.05, 0.1) is 12.7 Å². The summed E-state index contributed by atoms with van der Waals surface area (Å²) in [6.07, 6.45) is 3.46. The lowest BCUT2D eigenvalue weighted by molar-refractivity contribution is 0.0606. The maximum Gasteiger partial charge on any atom is 0.255 e. The van der Waals surface area contributed by atoms with Crippen LogP contribution in [0.4, 0.5) is 0 Å². The average molecular weight is 353 g/mol. The molecule has 2 aliphatic heterocycles. The molecule has 1 aromatic rings. The first-order valence-electron chi connectivity index (χ1n) is 7.47. The lowest BCUT2D eigenvalue weighted by Gasteiger charge is -2.39. The summed E-state index contributed by atoms with van der Waals surface area (Å²) in [5, 5.41) is 3.46. The minimum absolute atomic E-state index is 0.0987. The number of hydrogen-bond acceptors (Lipinski definition) is 3. The number of ether oxygens (including phenoxy) is 1. The lowest BCUT2D eigenvalue weighted by atomic mass is 9.78. The van der Waals surface area contributed by atoms with E-state index < -0.39 is 0 Å². The van der Waals surface area contributed by atoms with E-state index in [0.29, 0.717) is 11.0 Å². The van der Waals surface area contributed by atoms with Crippen molar-refractivity contribution in [1.82, 2.24) is 10.2 Å². The number of nitrogens with zero attached hydrogens (tertiary/aromatic N) is 1. The summed E-state index contributed by atoms with van der Waals surface area (Å²) in [4.78, 5) is 14.7. The molecule has 0 atom stereocenters. The van der Waals surface area contributed by atoms with Gasteiger partial charge < -0.3 is 15.0 Å². The molecule has 21 heavy (non-hydrogen) atoms. The Morgan fingerprint density at radius 1 is 1.33 bits per heavy atom. The molecule has 4 nitrogen and oxygen atoms in total. The summed E-state index contributed by atoms with van der Waals surface area (Å²) < 4.78 is 6.05. The summed E-state index contributed by atoms with van der Waals surface area (Å²) >= 11 is 3.47. The molecule has 2 fully saturated rings. The Labute approximate surface area is 134 Å². The molecule has 0 unspecified atom stereocenters. The molecule has 2 aliphatic rings. The molecule has 2 saturated heterocycles. The first kappa shape index (κ1) is 14.9. The van der Waals surface area contributed by atoms with Gasteiger partial charge in [-0.25, -0.2) is 0 Å². The Bertz CT molecular complexity index is 531. The summed E-state index contributed by atoms with van der Waals surface area (Å²) in [6, 6.07) is 5.54. The maximum atomic E-state index is 12.7. The van der Waals surface area contributed by atoms with Crippen molar-refractivity contribution in [3.8, 4) is 5.75 Å². The maximum absolute atomic E-state index is 12.7. The molecule has 0 aromatic heterocycles. The van der Waals surface area contributed by atoms with E-state index in [1.165, 1.54) is 6.42 Å². The van der Waals surface area contributed by atoms with Gasteiger partial charge in [0, 0.05) is 24.1 Å². The molecule has 1 spiro atoms. The van der Waals surface area contributed by atoms with Crippen molar-refractivity contribution in [2.24, 2.45) is 5.41 Å². The second-order valence-corrected chi connectivity index (χ2v) is 6.92. The number of rotatable bonds is 2. The van der Waals surface area contributed by atoms with Crippen LogP contribution in [-0.2, 0) is 0 Å². The predicted molar refractivity (Wildman–Crippen MR) is 85.8 cm³/mol. The largest absolute Gasteiger partial charge is 0.497 e. The van der Waals surface area contributed by atoms with Crippen LogP contribution in [0.1, 0.15) is 29.6 Å². The van der Waals surface area contributed by atoms with Crippen LogP contribution in [0.3, 0.4) is 0 Å². The number of hydrogen-bond donors (Lipinski definition) is 1. The van der Waals surface area contributed by atoms with Crippen LogP contribution in [0.5, 0.6) is 5.75 Å². The fraction of sp³-hybridized carbons (Fsp3) is 0.562. The van der Waals surface area contributed by atoms with Gasteiger partial charge in [-0.3, -0.25) is 4.79 Å². The van der Waals surface area contributed by atoms with Crippen molar-refractivity contribution in [2.45, 2.75) is 19.3 Å². The monoisotopic (exact) mass is 352 g/mol. The Balaban J connectivity index is 1.72. The first-order chi connectivity index (χ1) is 10.1. The Morgan fingerprint density at radius 2 is 2.10 bits per heavy atom. The fourth-order valence-corrected chi connectivity index (χ4v) is 3.79. The highest BCUT2D eigenvalue weighted by molar-refractivity contribution is 9.10. The molecular weight excluding hydrogens is 332 g/mol. The predicted octanol–water partition coefficient (Wildman–Crippen LogP) is 2.67. The molecule has 0 aliphatic carbocycles. The Morgan fingerprint density at radius 3 is 2.71 bits per heavy atom. The van der Waals surface area contributed by atoms with Crippen LogP contribution in [0.15, 0.2) is 22.7 Å². The number of likely N-dealkylation sites (tertiary alicyclic amines) is 1. The molecule has 0 radical (unpaired) electrons. The Hall–Kier alpha value is -1.07.